The Balaban J connectivity index is 2.06. The number of hydrogen-bond donors (Lipinski definition) is 1. The number of carbonyl (C=O) groups is 1. The quantitative estimate of drug-likeness (QED) is 0.875. The van der Waals surface area contributed by atoms with Gasteiger partial charge < -0.3 is 10.5 Å². The zero-order chi connectivity index (χ0) is 13.1. The zero-order valence-corrected chi connectivity index (χ0v) is 11.6. The number of thiophene rings is 1. The lowest BCUT2D eigenvalue weighted by Gasteiger charge is -2.06. The van der Waals surface area contributed by atoms with Crippen molar-refractivity contribution in [2.75, 3.05) is 5.73 Å². The van der Waals surface area contributed by atoms with Crippen LogP contribution in [0.3, 0.4) is 0 Å². The number of halogens is 2. The van der Waals surface area contributed by atoms with E-state index in [0.29, 0.717) is 20.6 Å². The average Bonchev–Trinajstić information content (AvgIpc) is 2.76. The highest BCUT2D eigenvalue weighted by Gasteiger charge is 2.13. The third kappa shape index (κ3) is 2.88. The van der Waals surface area contributed by atoms with Crippen LogP contribution in [-0.4, -0.2) is 5.97 Å². The maximum Gasteiger partial charge on any atom is 0.350 e. The van der Waals surface area contributed by atoms with Crippen molar-refractivity contribution in [1.29, 1.82) is 0 Å². The van der Waals surface area contributed by atoms with Crippen molar-refractivity contribution in [2.45, 2.75) is 6.61 Å². The van der Waals surface area contributed by atoms with Crippen LogP contribution in [0.25, 0.3) is 0 Å². The van der Waals surface area contributed by atoms with Crippen LogP contribution in [0.2, 0.25) is 0 Å². The van der Waals surface area contributed by atoms with Gasteiger partial charge in [0.2, 0.25) is 0 Å². The van der Waals surface area contributed by atoms with Gasteiger partial charge in [0.1, 0.15) is 17.3 Å². The fourth-order valence-electron chi connectivity index (χ4n) is 1.35. The Morgan fingerprint density at radius 3 is 2.89 bits per heavy atom. The molecule has 2 aromatic rings. The van der Waals surface area contributed by atoms with Gasteiger partial charge in [0.05, 0.1) is 5.69 Å². The molecule has 1 aromatic heterocycles. The molecule has 0 radical (unpaired) electrons. The molecule has 0 saturated heterocycles. The van der Waals surface area contributed by atoms with E-state index in [4.69, 9.17) is 10.5 Å². The van der Waals surface area contributed by atoms with Gasteiger partial charge in [-0.15, -0.1) is 11.3 Å². The van der Waals surface area contributed by atoms with Gasteiger partial charge in [0.25, 0.3) is 0 Å². The van der Waals surface area contributed by atoms with Gasteiger partial charge in [-0.05, 0) is 29.6 Å². The minimum atomic E-state index is -0.501. The number of carbonyl (C=O) groups excluding carboxylic acids is 1. The topological polar surface area (TPSA) is 52.3 Å². The van der Waals surface area contributed by atoms with Gasteiger partial charge in [-0.3, -0.25) is 0 Å². The first kappa shape index (κ1) is 13.0. The van der Waals surface area contributed by atoms with Crippen LogP contribution in [0.1, 0.15) is 15.2 Å². The van der Waals surface area contributed by atoms with Gasteiger partial charge in [-0.25, -0.2) is 9.18 Å². The van der Waals surface area contributed by atoms with Crippen molar-refractivity contribution in [1.82, 2.24) is 0 Å². The van der Waals surface area contributed by atoms with E-state index in [1.54, 1.807) is 17.5 Å². The lowest BCUT2D eigenvalue weighted by atomic mass is 10.2. The fourth-order valence-corrected chi connectivity index (χ4v) is 2.42. The van der Waals surface area contributed by atoms with E-state index >= 15 is 0 Å². The Kier molecular flexibility index (Phi) is 3.98. The van der Waals surface area contributed by atoms with Crippen molar-refractivity contribution < 1.29 is 13.9 Å². The van der Waals surface area contributed by atoms with E-state index in [1.165, 1.54) is 23.5 Å². The molecule has 0 spiro atoms. The third-order valence-electron chi connectivity index (χ3n) is 2.25. The van der Waals surface area contributed by atoms with Crippen molar-refractivity contribution in [3.8, 4) is 0 Å². The molecule has 0 unspecified atom stereocenters. The number of rotatable bonds is 3. The first-order valence-corrected chi connectivity index (χ1v) is 6.69. The van der Waals surface area contributed by atoms with Crippen LogP contribution in [0.4, 0.5) is 10.1 Å². The van der Waals surface area contributed by atoms with Gasteiger partial charge in [-0.2, -0.15) is 0 Å². The minimum Gasteiger partial charge on any atom is -0.457 e. The summed E-state index contributed by atoms with van der Waals surface area (Å²) < 4.78 is 18.8. The number of nitrogen functional groups attached to an aromatic ring is 1. The molecule has 0 fully saturated rings. The second-order valence-corrected chi connectivity index (χ2v) is 5.29. The van der Waals surface area contributed by atoms with Gasteiger partial charge in [-0.1, -0.05) is 15.9 Å². The molecule has 2 N–H and O–H groups in total. The molecule has 0 aliphatic carbocycles. The summed E-state index contributed by atoms with van der Waals surface area (Å²) in [6, 6.07) is 5.85. The maximum absolute atomic E-state index is 13.0. The highest BCUT2D eigenvalue weighted by Crippen LogP contribution is 2.22. The molecule has 0 aliphatic heterocycles. The Labute approximate surface area is 116 Å². The van der Waals surface area contributed by atoms with Crippen molar-refractivity contribution in [3.63, 3.8) is 0 Å². The number of nitrogens with two attached hydrogens (primary N) is 1. The second kappa shape index (κ2) is 5.49. The van der Waals surface area contributed by atoms with Gasteiger partial charge >= 0.3 is 5.97 Å². The number of anilines is 1. The summed E-state index contributed by atoms with van der Waals surface area (Å²) in [5.74, 6) is -0.876. The highest BCUT2D eigenvalue weighted by atomic mass is 79.9. The summed E-state index contributed by atoms with van der Waals surface area (Å²) in [5, 5.41) is 1.71. The van der Waals surface area contributed by atoms with Crippen molar-refractivity contribution in [2.24, 2.45) is 0 Å². The first-order valence-electron chi connectivity index (χ1n) is 5.02. The predicted molar refractivity (Wildman–Crippen MR) is 72.0 cm³/mol. The van der Waals surface area contributed by atoms with E-state index in [9.17, 15) is 9.18 Å². The van der Waals surface area contributed by atoms with Crippen LogP contribution in [0, 0.1) is 5.82 Å². The predicted octanol–water partition coefficient (Wildman–Crippen LogP) is 3.59. The molecule has 0 bridgehead atoms. The average molecular weight is 330 g/mol. The Bertz CT molecular complexity index is 585. The number of benzene rings is 1. The van der Waals surface area contributed by atoms with E-state index in [0.717, 1.165) is 0 Å². The third-order valence-corrected chi connectivity index (χ3v) is 3.93. The van der Waals surface area contributed by atoms with E-state index in [-0.39, 0.29) is 12.4 Å². The molecule has 18 heavy (non-hydrogen) atoms. The largest absolute Gasteiger partial charge is 0.457 e. The monoisotopic (exact) mass is 329 g/mol. The molecule has 1 aromatic carbocycles. The minimum absolute atomic E-state index is 0.00544. The summed E-state index contributed by atoms with van der Waals surface area (Å²) in [6.45, 7) is -0.00544. The Morgan fingerprint density at radius 2 is 2.22 bits per heavy atom. The van der Waals surface area contributed by atoms with E-state index in [2.05, 4.69) is 15.9 Å². The van der Waals surface area contributed by atoms with Crippen LogP contribution < -0.4 is 5.73 Å². The van der Waals surface area contributed by atoms with Gasteiger partial charge in [0.15, 0.2) is 0 Å². The summed E-state index contributed by atoms with van der Waals surface area (Å²) >= 11 is 4.48. The van der Waals surface area contributed by atoms with Crippen molar-refractivity contribution >= 4 is 38.9 Å². The summed E-state index contributed by atoms with van der Waals surface area (Å²) in [5.41, 5.74) is 6.56. The molecule has 0 atom stereocenters. The van der Waals surface area contributed by atoms with E-state index < -0.39 is 5.97 Å². The van der Waals surface area contributed by atoms with Crippen LogP contribution in [0.5, 0.6) is 0 Å². The molecule has 6 heteroatoms. The highest BCUT2D eigenvalue weighted by molar-refractivity contribution is 9.10. The molecule has 3 nitrogen and oxygen atoms in total. The zero-order valence-electron chi connectivity index (χ0n) is 9.15. The summed E-state index contributed by atoms with van der Waals surface area (Å²) in [6.07, 6.45) is 0. The smallest absolute Gasteiger partial charge is 0.350 e. The SMILES string of the molecule is Nc1ccsc1C(=O)OCc1cc(F)ccc1Br. The van der Waals surface area contributed by atoms with Gasteiger partial charge in [0, 0.05) is 10.0 Å². The number of ether oxygens (including phenoxy) is 1. The number of hydrogen-bond acceptors (Lipinski definition) is 4. The molecule has 0 amide bonds. The lowest BCUT2D eigenvalue weighted by Crippen LogP contribution is -2.06. The number of esters is 1. The molecule has 2 rings (SSSR count). The molecular weight excluding hydrogens is 321 g/mol. The Morgan fingerprint density at radius 1 is 1.44 bits per heavy atom. The molecule has 1 heterocycles. The molecule has 0 aliphatic rings. The molecule has 0 saturated carbocycles. The van der Waals surface area contributed by atoms with Crippen LogP contribution in [-0.2, 0) is 11.3 Å². The summed E-state index contributed by atoms with van der Waals surface area (Å²) in [4.78, 5) is 12.1. The summed E-state index contributed by atoms with van der Waals surface area (Å²) in [7, 11) is 0. The maximum atomic E-state index is 13.0. The standard InChI is InChI=1S/C12H9BrFNO2S/c13-9-2-1-8(14)5-7(9)6-17-12(16)11-10(15)3-4-18-11/h1-5H,6,15H2. The molecular formula is C12H9BrFNO2S. The normalized spacial score (nSPS) is 10.3. The second-order valence-electron chi connectivity index (χ2n) is 3.52. The fraction of sp³-hybridized carbons (Fsp3) is 0.0833. The van der Waals surface area contributed by atoms with E-state index in [1.807, 2.05) is 0 Å². The van der Waals surface area contributed by atoms with Crippen molar-refractivity contribution in [3.05, 3.63) is 50.4 Å². The Hall–Kier alpha value is -1.40. The van der Waals surface area contributed by atoms with Crippen LogP contribution >= 0.6 is 27.3 Å². The van der Waals surface area contributed by atoms with Crippen LogP contribution in [0.15, 0.2) is 34.1 Å². The first-order chi connectivity index (χ1) is 8.58. The lowest BCUT2D eigenvalue weighted by molar-refractivity contribution is 0.0478. The molecule has 94 valence electrons.